The van der Waals surface area contributed by atoms with E-state index < -0.39 is 0 Å². The van der Waals surface area contributed by atoms with Crippen molar-refractivity contribution >= 4 is 11.0 Å². The minimum Gasteiger partial charge on any atom is -0.505 e. The first-order chi connectivity index (χ1) is 9.08. The number of hydrogen-bond donors (Lipinski definition) is 1. The summed E-state index contributed by atoms with van der Waals surface area (Å²) in [7, 11) is 0. The third-order valence-corrected chi connectivity index (χ3v) is 3.71. The van der Waals surface area contributed by atoms with Crippen LogP contribution in [0.15, 0.2) is 30.3 Å². The molecule has 0 amide bonds. The number of phenolic OH excluding ortho intramolecular Hbond substituents is 1. The highest BCUT2D eigenvalue weighted by molar-refractivity contribution is 5.80. The van der Waals surface area contributed by atoms with E-state index in [4.69, 9.17) is 0 Å². The van der Waals surface area contributed by atoms with Crippen LogP contribution in [0.3, 0.4) is 0 Å². The van der Waals surface area contributed by atoms with Gasteiger partial charge in [-0.1, -0.05) is 12.1 Å². The molecule has 0 aliphatic rings. The van der Waals surface area contributed by atoms with E-state index in [0.717, 1.165) is 16.8 Å². The number of nitrogens with zero attached hydrogens (tertiary/aromatic N) is 3. The van der Waals surface area contributed by atoms with Crippen molar-refractivity contribution in [3.8, 4) is 11.4 Å². The van der Waals surface area contributed by atoms with Gasteiger partial charge < -0.3 is 5.11 Å². The fourth-order valence-electron chi connectivity index (χ4n) is 2.75. The second kappa shape index (κ2) is 3.15. The number of aromatic nitrogens is 3. The molecule has 4 aromatic rings. The molecule has 2 heterocycles. The molecule has 1 N–H and O–H groups in total. The molecule has 0 aliphatic carbocycles. The van der Waals surface area contributed by atoms with Crippen molar-refractivity contribution in [3.63, 3.8) is 0 Å². The van der Waals surface area contributed by atoms with Crippen molar-refractivity contribution in [2.45, 2.75) is 20.8 Å². The number of aryl methyl sites for hydroxylation is 3. The van der Waals surface area contributed by atoms with Gasteiger partial charge in [-0.3, -0.25) is 0 Å². The molecule has 2 aromatic carbocycles. The number of benzene rings is 2. The van der Waals surface area contributed by atoms with Crippen molar-refractivity contribution in [1.29, 1.82) is 0 Å². The Morgan fingerprint density at radius 3 is 2.37 bits per heavy atom. The topological polar surface area (TPSA) is 34.0 Å². The lowest BCUT2D eigenvalue weighted by atomic mass is 10.1. The molecule has 4 rings (SSSR count). The van der Waals surface area contributed by atoms with Crippen LogP contribution in [0, 0.1) is 20.8 Å². The molecule has 0 radical (unpaired) electrons. The SMILES string of the molecule is Cc1cc(C)c(O)c(-n2n3c4ccc(C)cc4n23)c1. The summed E-state index contributed by atoms with van der Waals surface area (Å²) in [6, 6.07) is 10.4. The third kappa shape index (κ3) is 1.23. The summed E-state index contributed by atoms with van der Waals surface area (Å²) in [5.41, 5.74) is 6.52. The molecule has 4 nitrogen and oxygen atoms in total. The summed E-state index contributed by atoms with van der Waals surface area (Å²) in [5, 5.41) is 10.2. The van der Waals surface area contributed by atoms with E-state index >= 15 is 0 Å². The molecule has 19 heavy (non-hydrogen) atoms. The first-order valence-corrected chi connectivity index (χ1v) is 6.39. The molecule has 4 heteroatoms. The highest BCUT2D eigenvalue weighted by Crippen LogP contribution is 2.33. The maximum Gasteiger partial charge on any atom is 0.146 e. The van der Waals surface area contributed by atoms with E-state index in [-0.39, 0.29) is 0 Å². The average Bonchev–Trinajstić information content (AvgIpc) is 3.01. The molecular weight excluding hydrogens is 238 g/mol. The Morgan fingerprint density at radius 2 is 1.58 bits per heavy atom. The van der Waals surface area contributed by atoms with Crippen LogP contribution in [0.25, 0.3) is 16.7 Å². The van der Waals surface area contributed by atoms with E-state index in [2.05, 4.69) is 34.4 Å². The fraction of sp³-hybridized carbons (Fsp3) is 0.200. The van der Waals surface area contributed by atoms with Crippen LogP contribution in [-0.4, -0.2) is 19.2 Å². The standard InChI is InChI=1S/C15H15N3O/c1-9-4-5-12-13(7-9)17-16(12)18(17)14-8-10(2)6-11(3)15(14)19/h4-8,19H,1-3H3. The normalized spacial score (nSPS) is 12.2. The Hall–Kier alpha value is -2.36. The Bertz CT molecular complexity index is 907. The van der Waals surface area contributed by atoms with E-state index in [9.17, 15) is 5.11 Å². The van der Waals surface area contributed by atoms with Gasteiger partial charge >= 0.3 is 0 Å². The van der Waals surface area contributed by atoms with Crippen LogP contribution >= 0.6 is 0 Å². The van der Waals surface area contributed by atoms with Gasteiger partial charge in [-0.15, -0.1) is 14.1 Å². The largest absolute Gasteiger partial charge is 0.505 e. The van der Waals surface area contributed by atoms with Gasteiger partial charge in [0.1, 0.15) is 22.5 Å². The van der Waals surface area contributed by atoms with Gasteiger partial charge in [0.15, 0.2) is 0 Å². The molecule has 0 spiro atoms. The van der Waals surface area contributed by atoms with E-state index in [0.29, 0.717) is 5.75 Å². The highest BCUT2D eigenvalue weighted by Gasteiger charge is 2.26. The number of phenols is 1. The van der Waals surface area contributed by atoms with Crippen LogP contribution in [0.5, 0.6) is 5.75 Å². The summed E-state index contributed by atoms with van der Waals surface area (Å²) in [6.45, 7) is 6.06. The highest BCUT2D eigenvalue weighted by atomic mass is 16.3. The van der Waals surface area contributed by atoms with E-state index in [1.165, 1.54) is 16.6 Å². The zero-order valence-electron chi connectivity index (χ0n) is 11.2. The van der Waals surface area contributed by atoms with Gasteiger partial charge in [0, 0.05) is 0 Å². The molecule has 0 saturated carbocycles. The van der Waals surface area contributed by atoms with Gasteiger partial charge in [-0.25, -0.2) is 0 Å². The summed E-state index contributed by atoms with van der Waals surface area (Å²) >= 11 is 0. The minimum atomic E-state index is 0.350. The summed E-state index contributed by atoms with van der Waals surface area (Å²) in [5.74, 6) is 0.350. The average molecular weight is 253 g/mol. The maximum absolute atomic E-state index is 10.2. The zero-order valence-corrected chi connectivity index (χ0v) is 11.2. The van der Waals surface area contributed by atoms with Gasteiger partial charge in [0.2, 0.25) is 0 Å². The van der Waals surface area contributed by atoms with Gasteiger partial charge in [-0.05, 0) is 55.7 Å². The maximum atomic E-state index is 10.2. The quantitative estimate of drug-likeness (QED) is 0.556. The molecular formula is C15H15N3O. The molecule has 0 bridgehead atoms. The minimum absolute atomic E-state index is 0.350. The number of fused-ring (bicyclic) bond motifs is 4. The van der Waals surface area contributed by atoms with Crippen molar-refractivity contribution in [2.24, 2.45) is 0 Å². The number of hydrogen-bond acceptors (Lipinski definition) is 1. The van der Waals surface area contributed by atoms with Gasteiger partial charge in [-0.2, -0.15) is 0 Å². The fourth-order valence-corrected chi connectivity index (χ4v) is 2.75. The van der Waals surface area contributed by atoms with Crippen LogP contribution in [-0.2, 0) is 0 Å². The first-order valence-electron chi connectivity index (χ1n) is 6.39. The monoisotopic (exact) mass is 253 g/mol. The van der Waals surface area contributed by atoms with Crippen LogP contribution in [0.4, 0.5) is 0 Å². The molecule has 0 fully saturated rings. The van der Waals surface area contributed by atoms with Crippen molar-refractivity contribution < 1.29 is 5.11 Å². The Kier molecular flexibility index (Phi) is 1.75. The molecule has 0 atom stereocenters. The molecule has 0 aliphatic heterocycles. The lowest BCUT2D eigenvalue weighted by molar-refractivity contribution is 0.467. The van der Waals surface area contributed by atoms with Crippen LogP contribution in [0.2, 0.25) is 0 Å². The van der Waals surface area contributed by atoms with E-state index in [1.54, 1.807) is 0 Å². The Balaban J connectivity index is 1.99. The third-order valence-electron chi connectivity index (χ3n) is 3.71. The second-order valence-electron chi connectivity index (χ2n) is 5.31. The summed E-state index contributed by atoms with van der Waals surface area (Å²) in [6.07, 6.45) is 0. The molecule has 2 aromatic heterocycles. The van der Waals surface area contributed by atoms with Crippen LogP contribution < -0.4 is 0 Å². The summed E-state index contributed by atoms with van der Waals surface area (Å²) in [4.78, 5) is 2.00. The lowest BCUT2D eigenvalue weighted by Crippen LogP contribution is -1.90. The number of aromatic hydroxyl groups is 1. The van der Waals surface area contributed by atoms with Crippen LogP contribution in [0.1, 0.15) is 16.7 Å². The van der Waals surface area contributed by atoms with Crippen molar-refractivity contribution in [2.75, 3.05) is 0 Å². The number of rotatable bonds is 1. The molecule has 0 unspecified atom stereocenters. The first kappa shape index (κ1) is 10.6. The lowest BCUT2D eigenvalue weighted by Gasteiger charge is -2.04. The summed E-state index contributed by atoms with van der Waals surface area (Å²) < 4.78 is 4.12. The van der Waals surface area contributed by atoms with Crippen molar-refractivity contribution in [1.82, 2.24) is 14.1 Å². The Labute approximate surface area is 110 Å². The molecule has 96 valence electrons. The van der Waals surface area contributed by atoms with Gasteiger partial charge in [0.05, 0.1) is 0 Å². The smallest absolute Gasteiger partial charge is 0.146 e. The zero-order chi connectivity index (χ0) is 13.3. The van der Waals surface area contributed by atoms with Crippen molar-refractivity contribution in [3.05, 3.63) is 47.0 Å². The van der Waals surface area contributed by atoms with E-state index in [1.807, 2.05) is 30.8 Å². The molecule has 0 saturated heterocycles. The second-order valence-corrected chi connectivity index (χ2v) is 5.31. The van der Waals surface area contributed by atoms with Gasteiger partial charge in [0.25, 0.3) is 0 Å². The predicted octanol–water partition coefficient (Wildman–Crippen LogP) is 3.05. The Morgan fingerprint density at radius 1 is 0.842 bits per heavy atom. The predicted molar refractivity (Wildman–Crippen MR) is 74.7 cm³/mol.